The van der Waals surface area contributed by atoms with Crippen LogP contribution in [0.15, 0.2) is 90.1 Å². The molecule has 0 aliphatic carbocycles. The third-order valence-corrected chi connectivity index (χ3v) is 5.91. The van der Waals surface area contributed by atoms with Crippen molar-refractivity contribution in [2.24, 2.45) is 0 Å². The number of hydrogen-bond donors (Lipinski definition) is 2. The van der Waals surface area contributed by atoms with E-state index in [0.717, 1.165) is 45.5 Å². The highest BCUT2D eigenvalue weighted by molar-refractivity contribution is 7.99. The standard InChI is InChI=1S/C23H21N3S2/c27-19(14-16-28-20-13-7-8-15-24-20)23-25-21(17-9-3-1-4-10-17)22(26-23)18-11-5-2-6-12-18/h1-13,15,19,27H,14,16H2,(H,25,26). The SMILES string of the molecule is SC(CCSc1ccccn1)c1nc(-c2ccccc2)c(-c2ccccc2)[nH]1. The van der Waals surface area contributed by atoms with Gasteiger partial charge in [0.15, 0.2) is 0 Å². The van der Waals surface area contributed by atoms with Gasteiger partial charge in [-0.05, 0) is 18.6 Å². The number of aromatic nitrogens is 3. The van der Waals surface area contributed by atoms with Crippen LogP contribution in [-0.2, 0) is 0 Å². The number of aromatic amines is 1. The summed E-state index contributed by atoms with van der Waals surface area (Å²) in [4.78, 5) is 12.8. The van der Waals surface area contributed by atoms with Gasteiger partial charge in [0.2, 0.25) is 0 Å². The molecule has 1 atom stereocenters. The Labute approximate surface area is 175 Å². The summed E-state index contributed by atoms with van der Waals surface area (Å²) in [5, 5.41) is 1.08. The van der Waals surface area contributed by atoms with E-state index < -0.39 is 0 Å². The van der Waals surface area contributed by atoms with Gasteiger partial charge in [-0.3, -0.25) is 0 Å². The quantitative estimate of drug-likeness (QED) is 0.281. The van der Waals surface area contributed by atoms with Crippen LogP contribution in [0.2, 0.25) is 0 Å². The van der Waals surface area contributed by atoms with Crippen LogP contribution < -0.4 is 0 Å². The zero-order valence-corrected chi connectivity index (χ0v) is 17.0. The van der Waals surface area contributed by atoms with Gasteiger partial charge in [0.05, 0.1) is 21.7 Å². The summed E-state index contributed by atoms with van der Waals surface area (Å²) in [7, 11) is 0. The van der Waals surface area contributed by atoms with Crippen LogP contribution in [0.25, 0.3) is 22.5 Å². The lowest BCUT2D eigenvalue weighted by atomic mass is 10.1. The number of benzene rings is 2. The van der Waals surface area contributed by atoms with Crippen LogP contribution in [0.4, 0.5) is 0 Å². The Morgan fingerprint density at radius 2 is 1.54 bits per heavy atom. The largest absolute Gasteiger partial charge is 0.341 e. The van der Waals surface area contributed by atoms with Crippen molar-refractivity contribution in [2.75, 3.05) is 5.75 Å². The number of hydrogen-bond acceptors (Lipinski definition) is 4. The smallest absolute Gasteiger partial charge is 0.120 e. The highest BCUT2D eigenvalue weighted by atomic mass is 32.2. The molecule has 3 nitrogen and oxygen atoms in total. The molecule has 140 valence electrons. The van der Waals surface area contributed by atoms with E-state index in [1.807, 2.05) is 60.8 Å². The van der Waals surface area contributed by atoms with Crippen LogP contribution in [0.3, 0.4) is 0 Å². The van der Waals surface area contributed by atoms with Crippen LogP contribution in [0.1, 0.15) is 17.5 Å². The number of pyridine rings is 1. The van der Waals surface area contributed by atoms with Crippen molar-refractivity contribution in [2.45, 2.75) is 16.7 Å². The van der Waals surface area contributed by atoms with Crippen molar-refractivity contribution in [3.63, 3.8) is 0 Å². The molecule has 0 saturated carbocycles. The average molecular weight is 404 g/mol. The molecule has 2 aromatic heterocycles. The first kappa shape index (κ1) is 18.8. The molecule has 1 unspecified atom stereocenters. The zero-order chi connectivity index (χ0) is 19.2. The third kappa shape index (κ3) is 4.49. The zero-order valence-electron chi connectivity index (χ0n) is 15.3. The number of nitrogens with zero attached hydrogens (tertiary/aromatic N) is 2. The molecule has 28 heavy (non-hydrogen) atoms. The number of nitrogens with one attached hydrogen (secondary N) is 1. The summed E-state index contributed by atoms with van der Waals surface area (Å²) in [6.45, 7) is 0. The van der Waals surface area contributed by atoms with E-state index in [2.05, 4.69) is 34.2 Å². The second-order valence-corrected chi connectivity index (χ2v) is 8.14. The molecule has 0 aliphatic heterocycles. The van der Waals surface area contributed by atoms with E-state index in [1.165, 1.54) is 0 Å². The summed E-state index contributed by atoms with van der Waals surface area (Å²) >= 11 is 6.57. The number of thiol groups is 1. The lowest BCUT2D eigenvalue weighted by Gasteiger charge is -2.07. The number of imidazole rings is 1. The Morgan fingerprint density at radius 1 is 0.857 bits per heavy atom. The fourth-order valence-corrected chi connectivity index (χ4v) is 4.31. The average Bonchev–Trinajstić information content (AvgIpc) is 3.21. The monoisotopic (exact) mass is 403 g/mol. The topological polar surface area (TPSA) is 41.6 Å². The second-order valence-electron chi connectivity index (χ2n) is 6.40. The fraction of sp³-hybridized carbons (Fsp3) is 0.130. The minimum absolute atomic E-state index is 0.0381. The number of H-pyrrole nitrogens is 1. The van der Waals surface area contributed by atoms with Crippen LogP contribution in [0.5, 0.6) is 0 Å². The Hall–Kier alpha value is -2.50. The van der Waals surface area contributed by atoms with Gasteiger partial charge in [-0.1, -0.05) is 66.7 Å². The van der Waals surface area contributed by atoms with Crippen molar-refractivity contribution in [3.8, 4) is 22.5 Å². The molecule has 1 N–H and O–H groups in total. The summed E-state index contributed by atoms with van der Waals surface area (Å²) in [6, 6.07) is 26.6. The van der Waals surface area contributed by atoms with E-state index in [0.29, 0.717) is 0 Å². The van der Waals surface area contributed by atoms with Gasteiger partial charge in [-0.15, -0.1) is 11.8 Å². The van der Waals surface area contributed by atoms with Gasteiger partial charge in [0, 0.05) is 23.1 Å². The molecule has 0 bridgehead atoms. The summed E-state index contributed by atoms with van der Waals surface area (Å²) in [5.74, 6) is 1.84. The fourth-order valence-electron chi connectivity index (χ4n) is 3.01. The first-order chi connectivity index (χ1) is 13.8. The predicted octanol–water partition coefficient (Wildman–Crippen LogP) is 6.29. The molecule has 2 aromatic carbocycles. The van der Waals surface area contributed by atoms with Crippen LogP contribution in [0, 0.1) is 0 Å². The number of rotatable bonds is 7. The van der Waals surface area contributed by atoms with Crippen molar-refractivity contribution in [3.05, 3.63) is 90.9 Å². The van der Waals surface area contributed by atoms with Crippen molar-refractivity contribution >= 4 is 24.4 Å². The highest BCUT2D eigenvalue weighted by Crippen LogP contribution is 2.34. The van der Waals surface area contributed by atoms with Gasteiger partial charge in [0.1, 0.15) is 5.82 Å². The summed E-state index contributed by atoms with van der Waals surface area (Å²) in [5.41, 5.74) is 4.24. The molecule has 0 spiro atoms. The molecule has 2 heterocycles. The maximum Gasteiger partial charge on any atom is 0.120 e. The van der Waals surface area contributed by atoms with Crippen molar-refractivity contribution in [1.82, 2.24) is 15.0 Å². The first-order valence-corrected chi connectivity index (χ1v) is 10.7. The molecule has 0 amide bonds. The molecule has 0 fully saturated rings. The Kier molecular flexibility index (Phi) is 6.14. The van der Waals surface area contributed by atoms with Gasteiger partial charge in [-0.2, -0.15) is 12.6 Å². The maximum atomic E-state index is 4.93. The van der Waals surface area contributed by atoms with Gasteiger partial charge >= 0.3 is 0 Å². The Bertz CT molecular complexity index is 945. The highest BCUT2D eigenvalue weighted by Gasteiger charge is 2.18. The minimum atomic E-state index is 0.0381. The predicted molar refractivity (Wildman–Crippen MR) is 121 cm³/mol. The third-order valence-electron chi connectivity index (χ3n) is 4.43. The molecule has 4 rings (SSSR count). The summed E-state index contributed by atoms with van der Waals surface area (Å²) in [6.07, 6.45) is 2.73. The van der Waals surface area contributed by atoms with E-state index in [4.69, 9.17) is 17.6 Å². The van der Waals surface area contributed by atoms with Crippen molar-refractivity contribution < 1.29 is 0 Å². The number of thioether (sulfide) groups is 1. The normalized spacial score (nSPS) is 12.0. The van der Waals surface area contributed by atoms with Crippen LogP contribution in [-0.4, -0.2) is 20.7 Å². The molecule has 4 aromatic rings. The van der Waals surface area contributed by atoms with E-state index in [-0.39, 0.29) is 5.25 Å². The second kappa shape index (κ2) is 9.13. The lowest BCUT2D eigenvalue weighted by Crippen LogP contribution is -1.96. The molecule has 0 aliphatic rings. The van der Waals surface area contributed by atoms with Gasteiger partial charge in [-0.25, -0.2) is 9.97 Å². The summed E-state index contributed by atoms with van der Waals surface area (Å²) < 4.78 is 0. The Morgan fingerprint density at radius 3 is 2.21 bits per heavy atom. The van der Waals surface area contributed by atoms with E-state index >= 15 is 0 Å². The molecular formula is C23H21N3S2. The molecule has 5 heteroatoms. The lowest BCUT2D eigenvalue weighted by molar-refractivity contribution is 0.847. The first-order valence-electron chi connectivity index (χ1n) is 9.24. The molecular weight excluding hydrogens is 382 g/mol. The van der Waals surface area contributed by atoms with Crippen molar-refractivity contribution in [1.29, 1.82) is 0 Å². The molecule has 0 radical (unpaired) electrons. The van der Waals surface area contributed by atoms with E-state index in [9.17, 15) is 0 Å². The maximum absolute atomic E-state index is 4.93. The van der Waals surface area contributed by atoms with Gasteiger partial charge < -0.3 is 4.98 Å². The molecule has 0 saturated heterocycles. The van der Waals surface area contributed by atoms with E-state index in [1.54, 1.807) is 11.8 Å². The van der Waals surface area contributed by atoms with Gasteiger partial charge in [0.25, 0.3) is 0 Å². The van der Waals surface area contributed by atoms with Crippen LogP contribution >= 0.6 is 24.4 Å². The minimum Gasteiger partial charge on any atom is -0.341 e. The Balaban J connectivity index is 1.56.